The van der Waals surface area contributed by atoms with Crippen LogP contribution in [0.15, 0.2) is 18.2 Å². The van der Waals surface area contributed by atoms with E-state index in [1.54, 1.807) is 7.11 Å². The number of nitrogens with one attached hydrogen (secondary N) is 1. The molecule has 3 N–H and O–H groups in total. The van der Waals surface area contributed by atoms with Crippen LogP contribution >= 0.6 is 0 Å². The second kappa shape index (κ2) is 3.89. The number of hydrogen-bond acceptors (Lipinski definition) is 3. The number of imidazole rings is 1. The fourth-order valence-electron chi connectivity index (χ4n) is 1.64. The minimum atomic E-state index is 0.617. The summed E-state index contributed by atoms with van der Waals surface area (Å²) in [5, 5.41) is 0. The number of para-hydroxylation sites is 1. The molecule has 0 fully saturated rings. The van der Waals surface area contributed by atoms with Crippen molar-refractivity contribution in [1.82, 2.24) is 9.97 Å². The first-order valence-electron chi connectivity index (χ1n) is 5.09. The van der Waals surface area contributed by atoms with Crippen molar-refractivity contribution in [3.63, 3.8) is 0 Å². The first-order valence-corrected chi connectivity index (χ1v) is 5.09. The van der Waals surface area contributed by atoms with E-state index in [1.807, 2.05) is 32.0 Å². The van der Waals surface area contributed by atoms with Gasteiger partial charge in [-0.05, 0) is 26.0 Å². The molecule has 84 valence electrons. The van der Waals surface area contributed by atoms with Crippen LogP contribution in [0.25, 0.3) is 11.4 Å². The first-order chi connectivity index (χ1) is 7.63. The number of nitrogens with two attached hydrogens (primary N) is 1. The number of rotatable bonds is 2. The molecule has 0 saturated carbocycles. The molecule has 0 unspecified atom stereocenters. The monoisotopic (exact) mass is 217 g/mol. The van der Waals surface area contributed by atoms with Crippen LogP contribution in [-0.4, -0.2) is 17.1 Å². The Kier molecular flexibility index (Phi) is 2.56. The number of benzene rings is 1. The van der Waals surface area contributed by atoms with Gasteiger partial charge in [0.15, 0.2) is 5.75 Å². The molecule has 0 aliphatic rings. The second-order valence-corrected chi connectivity index (χ2v) is 3.72. The molecular formula is C12H15N3O. The number of methoxy groups -OCH3 is 1. The molecule has 2 aromatic rings. The van der Waals surface area contributed by atoms with Crippen molar-refractivity contribution in [2.24, 2.45) is 0 Å². The molecule has 0 amide bonds. The van der Waals surface area contributed by atoms with Crippen molar-refractivity contribution in [2.45, 2.75) is 13.8 Å². The molecule has 1 aromatic carbocycles. The number of nitrogens with zero attached hydrogens (tertiary/aromatic N) is 1. The fraction of sp³-hybridized carbons (Fsp3) is 0.250. The van der Waals surface area contributed by atoms with Crippen LogP contribution in [0, 0.1) is 13.8 Å². The Morgan fingerprint density at radius 1 is 1.31 bits per heavy atom. The van der Waals surface area contributed by atoms with E-state index < -0.39 is 0 Å². The average Bonchev–Trinajstić information content (AvgIpc) is 2.59. The van der Waals surface area contributed by atoms with Crippen LogP contribution in [0.5, 0.6) is 5.75 Å². The molecule has 4 heteroatoms. The molecule has 0 aliphatic heterocycles. The molecule has 16 heavy (non-hydrogen) atoms. The van der Waals surface area contributed by atoms with Crippen molar-refractivity contribution in [3.05, 3.63) is 29.6 Å². The third-order valence-electron chi connectivity index (χ3n) is 2.63. The lowest BCUT2D eigenvalue weighted by atomic mass is 10.1. The lowest BCUT2D eigenvalue weighted by Gasteiger charge is -2.08. The number of hydrogen-bond donors (Lipinski definition) is 2. The fourth-order valence-corrected chi connectivity index (χ4v) is 1.64. The van der Waals surface area contributed by atoms with Gasteiger partial charge in [0.05, 0.1) is 24.1 Å². The lowest BCUT2D eigenvalue weighted by Crippen LogP contribution is -1.95. The highest BCUT2D eigenvalue weighted by Gasteiger charge is 2.12. The maximum absolute atomic E-state index is 5.85. The summed E-state index contributed by atoms with van der Waals surface area (Å²) in [7, 11) is 1.61. The number of aromatic nitrogens is 2. The number of aromatic amines is 1. The summed E-state index contributed by atoms with van der Waals surface area (Å²) in [5.41, 5.74) is 9.39. The number of aryl methyl sites for hydroxylation is 2. The Morgan fingerprint density at radius 2 is 2.06 bits per heavy atom. The van der Waals surface area contributed by atoms with Gasteiger partial charge >= 0.3 is 0 Å². The van der Waals surface area contributed by atoms with Crippen molar-refractivity contribution in [3.8, 4) is 17.1 Å². The zero-order valence-electron chi connectivity index (χ0n) is 9.66. The van der Waals surface area contributed by atoms with E-state index in [0.717, 1.165) is 22.8 Å². The molecule has 2 rings (SSSR count). The highest BCUT2D eigenvalue weighted by Crippen LogP contribution is 2.33. The molecule has 0 aliphatic carbocycles. The zero-order valence-corrected chi connectivity index (χ0v) is 9.66. The molecule has 0 bridgehead atoms. The SMILES string of the molecule is COc1c(N)cccc1-c1nc(C)c(C)[nH]1. The van der Waals surface area contributed by atoms with Gasteiger partial charge in [-0.1, -0.05) is 6.07 Å². The van der Waals surface area contributed by atoms with Crippen molar-refractivity contribution in [1.29, 1.82) is 0 Å². The molecule has 0 saturated heterocycles. The first kappa shape index (κ1) is 10.5. The van der Waals surface area contributed by atoms with Gasteiger partial charge in [0, 0.05) is 5.69 Å². The summed E-state index contributed by atoms with van der Waals surface area (Å²) in [5.74, 6) is 1.45. The van der Waals surface area contributed by atoms with E-state index in [2.05, 4.69) is 9.97 Å². The topological polar surface area (TPSA) is 63.9 Å². The van der Waals surface area contributed by atoms with Crippen LogP contribution in [0.3, 0.4) is 0 Å². The van der Waals surface area contributed by atoms with Crippen LogP contribution in [0.1, 0.15) is 11.4 Å². The standard InChI is InChI=1S/C12H15N3O/c1-7-8(2)15-12(14-7)9-5-4-6-10(13)11(9)16-3/h4-6H,13H2,1-3H3,(H,14,15). The summed E-state index contributed by atoms with van der Waals surface area (Å²) < 4.78 is 5.29. The van der Waals surface area contributed by atoms with E-state index >= 15 is 0 Å². The van der Waals surface area contributed by atoms with Gasteiger partial charge in [-0.3, -0.25) is 0 Å². The Labute approximate surface area is 94.5 Å². The highest BCUT2D eigenvalue weighted by atomic mass is 16.5. The third kappa shape index (κ3) is 1.62. The normalized spacial score (nSPS) is 10.4. The average molecular weight is 217 g/mol. The van der Waals surface area contributed by atoms with Crippen LogP contribution in [0.4, 0.5) is 5.69 Å². The summed E-state index contributed by atoms with van der Waals surface area (Å²) in [4.78, 5) is 7.65. The van der Waals surface area contributed by atoms with Gasteiger partial charge in [0.1, 0.15) is 5.82 Å². The molecule has 1 heterocycles. The van der Waals surface area contributed by atoms with E-state index in [0.29, 0.717) is 11.4 Å². The molecule has 0 spiro atoms. The highest BCUT2D eigenvalue weighted by molar-refractivity contribution is 5.73. The number of H-pyrrole nitrogens is 1. The van der Waals surface area contributed by atoms with Gasteiger partial charge in [-0.25, -0.2) is 4.98 Å². The second-order valence-electron chi connectivity index (χ2n) is 3.72. The van der Waals surface area contributed by atoms with Gasteiger partial charge in [0.2, 0.25) is 0 Å². The maximum atomic E-state index is 5.85. The summed E-state index contributed by atoms with van der Waals surface area (Å²) in [6.07, 6.45) is 0. The van der Waals surface area contributed by atoms with E-state index in [1.165, 1.54) is 0 Å². The van der Waals surface area contributed by atoms with Gasteiger partial charge in [0.25, 0.3) is 0 Å². The van der Waals surface area contributed by atoms with Gasteiger partial charge < -0.3 is 15.5 Å². The number of ether oxygens (including phenoxy) is 1. The minimum Gasteiger partial charge on any atom is -0.494 e. The van der Waals surface area contributed by atoms with Crippen molar-refractivity contribution < 1.29 is 4.74 Å². The number of nitrogen functional groups attached to an aromatic ring is 1. The Bertz CT molecular complexity index is 497. The smallest absolute Gasteiger partial charge is 0.152 e. The van der Waals surface area contributed by atoms with E-state index in [4.69, 9.17) is 10.5 Å². The van der Waals surface area contributed by atoms with Crippen molar-refractivity contribution >= 4 is 5.69 Å². The molecule has 1 aromatic heterocycles. The van der Waals surface area contributed by atoms with Crippen LogP contribution in [-0.2, 0) is 0 Å². The zero-order chi connectivity index (χ0) is 11.7. The third-order valence-corrected chi connectivity index (χ3v) is 2.63. The predicted octanol–water partition coefficient (Wildman–Crippen LogP) is 2.28. The Balaban J connectivity index is 2.59. The van der Waals surface area contributed by atoms with E-state index in [9.17, 15) is 0 Å². The van der Waals surface area contributed by atoms with E-state index in [-0.39, 0.29) is 0 Å². The summed E-state index contributed by atoms with van der Waals surface area (Å²) in [6, 6.07) is 5.64. The minimum absolute atomic E-state index is 0.617. The predicted molar refractivity (Wildman–Crippen MR) is 64.5 cm³/mol. The largest absolute Gasteiger partial charge is 0.494 e. The molecule has 0 atom stereocenters. The van der Waals surface area contributed by atoms with Crippen molar-refractivity contribution in [2.75, 3.05) is 12.8 Å². The quantitative estimate of drug-likeness (QED) is 0.758. The Morgan fingerprint density at radius 3 is 2.62 bits per heavy atom. The number of anilines is 1. The molecule has 0 radical (unpaired) electrons. The Hall–Kier alpha value is -1.97. The summed E-state index contributed by atoms with van der Waals surface area (Å²) in [6.45, 7) is 3.96. The van der Waals surface area contributed by atoms with Crippen LogP contribution < -0.4 is 10.5 Å². The van der Waals surface area contributed by atoms with Gasteiger partial charge in [-0.2, -0.15) is 0 Å². The van der Waals surface area contributed by atoms with Crippen LogP contribution in [0.2, 0.25) is 0 Å². The molecular weight excluding hydrogens is 202 g/mol. The lowest BCUT2D eigenvalue weighted by molar-refractivity contribution is 0.418. The molecule has 4 nitrogen and oxygen atoms in total. The summed E-state index contributed by atoms with van der Waals surface area (Å²) >= 11 is 0. The van der Waals surface area contributed by atoms with Gasteiger partial charge in [-0.15, -0.1) is 0 Å². The maximum Gasteiger partial charge on any atom is 0.152 e.